The highest BCUT2D eigenvalue weighted by Crippen LogP contribution is 2.34. The summed E-state index contributed by atoms with van der Waals surface area (Å²) in [5.74, 6) is 0.192. The van der Waals surface area contributed by atoms with Crippen LogP contribution in [0.15, 0.2) is 24.3 Å². The predicted molar refractivity (Wildman–Crippen MR) is 74.4 cm³/mol. The topological polar surface area (TPSA) is 46.5 Å². The highest BCUT2D eigenvalue weighted by molar-refractivity contribution is 5.92. The smallest absolute Gasteiger partial charge is 0.338 e. The molecule has 0 saturated carbocycles. The van der Waals surface area contributed by atoms with E-state index in [1.54, 1.807) is 13.0 Å². The van der Waals surface area contributed by atoms with E-state index in [1.165, 1.54) is 6.07 Å². The van der Waals surface area contributed by atoms with E-state index >= 15 is 0 Å². The van der Waals surface area contributed by atoms with E-state index in [0.29, 0.717) is 18.1 Å². The third-order valence-corrected chi connectivity index (χ3v) is 3.73. The van der Waals surface area contributed by atoms with Crippen LogP contribution < -0.4 is 0 Å². The Kier molecular flexibility index (Phi) is 3.93. The second kappa shape index (κ2) is 5.47. The Morgan fingerprint density at radius 3 is 2.89 bits per heavy atom. The van der Waals surface area contributed by atoms with E-state index in [-0.39, 0.29) is 11.7 Å². The predicted octanol–water partition coefficient (Wildman–Crippen LogP) is 3.25. The van der Waals surface area contributed by atoms with Gasteiger partial charge in [0.25, 0.3) is 0 Å². The van der Waals surface area contributed by atoms with Gasteiger partial charge < -0.3 is 9.84 Å². The van der Waals surface area contributed by atoms with Crippen molar-refractivity contribution in [1.29, 1.82) is 0 Å². The van der Waals surface area contributed by atoms with Crippen LogP contribution in [0.3, 0.4) is 0 Å². The van der Waals surface area contributed by atoms with Crippen molar-refractivity contribution in [1.82, 2.24) is 0 Å². The molecule has 0 bridgehead atoms. The first kappa shape index (κ1) is 13.7. The Labute approximate surface area is 113 Å². The summed E-state index contributed by atoms with van der Waals surface area (Å²) in [5.41, 5.74) is 3.72. The van der Waals surface area contributed by atoms with Gasteiger partial charge in [0.05, 0.1) is 12.2 Å². The van der Waals surface area contributed by atoms with Crippen molar-refractivity contribution in [3.63, 3.8) is 0 Å². The molecule has 0 heterocycles. The third kappa shape index (κ3) is 2.80. The Morgan fingerprint density at radius 1 is 1.53 bits per heavy atom. The fourth-order valence-electron chi connectivity index (χ4n) is 2.67. The summed E-state index contributed by atoms with van der Waals surface area (Å²) in [6.07, 6.45) is 2.70. The van der Waals surface area contributed by atoms with Crippen LogP contribution in [-0.4, -0.2) is 17.7 Å². The normalized spacial score (nSPS) is 17.7. The molecule has 1 atom stereocenters. The van der Waals surface area contributed by atoms with Crippen LogP contribution in [0.25, 0.3) is 0 Å². The monoisotopic (exact) mass is 260 g/mol. The lowest BCUT2D eigenvalue weighted by atomic mass is 9.79. The van der Waals surface area contributed by atoms with E-state index in [1.807, 2.05) is 6.92 Å². The van der Waals surface area contributed by atoms with Gasteiger partial charge in [0.15, 0.2) is 0 Å². The van der Waals surface area contributed by atoms with Crippen LogP contribution in [0.2, 0.25) is 0 Å². The third-order valence-electron chi connectivity index (χ3n) is 3.73. The number of esters is 1. The molecule has 1 N–H and O–H groups in total. The van der Waals surface area contributed by atoms with Gasteiger partial charge in [0.2, 0.25) is 0 Å². The van der Waals surface area contributed by atoms with Gasteiger partial charge in [-0.15, -0.1) is 0 Å². The summed E-state index contributed by atoms with van der Waals surface area (Å²) in [6, 6.07) is 3.27. The summed E-state index contributed by atoms with van der Waals surface area (Å²) in [7, 11) is 0. The molecule has 1 aliphatic carbocycles. The first-order chi connectivity index (χ1) is 9.02. The first-order valence-electron chi connectivity index (χ1n) is 6.70. The van der Waals surface area contributed by atoms with Crippen molar-refractivity contribution in [2.75, 3.05) is 6.61 Å². The maximum absolute atomic E-state index is 12.0. The second-order valence-electron chi connectivity index (χ2n) is 5.14. The molecule has 0 saturated heterocycles. The molecule has 0 amide bonds. The summed E-state index contributed by atoms with van der Waals surface area (Å²) >= 11 is 0. The van der Waals surface area contributed by atoms with Crippen molar-refractivity contribution >= 4 is 5.97 Å². The van der Waals surface area contributed by atoms with Crippen LogP contribution >= 0.6 is 0 Å². The average molecular weight is 260 g/mol. The SMILES string of the molecule is C=C(C)C1CCc2cc(O)cc(C(=O)OCC)c2C1. The quantitative estimate of drug-likeness (QED) is 0.670. The number of hydrogen-bond acceptors (Lipinski definition) is 3. The number of aromatic hydroxyl groups is 1. The molecule has 1 aromatic carbocycles. The van der Waals surface area contributed by atoms with E-state index in [4.69, 9.17) is 4.74 Å². The van der Waals surface area contributed by atoms with Crippen LogP contribution in [0.5, 0.6) is 5.75 Å². The molecule has 102 valence electrons. The molecular formula is C16H20O3. The Bertz CT molecular complexity index is 517. The number of carbonyl (C=O) groups is 1. The minimum atomic E-state index is -0.350. The van der Waals surface area contributed by atoms with Gasteiger partial charge >= 0.3 is 5.97 Å². The zero-order chi connectivity index (χ0) is 14.0. The molecule has 0 fully saturated rings. The number of phenolic OH excluding ortho intramolecular Hbond substituents is 1. The molecule has 1 unspecified atom stereocenters. The zero-order valence-corrected chi connectivity index (χ0v) is 11.5. The molecule has 0 spiro atoms. The van der Waals surface area contributed by atoms with Crippen molar-refractivity contribution in [2.24, 2.45) is 5.92 Å². The van der Waals surface area contributed by atoms with E-state index in [0.717, 1.165) is 36.0 Å². The van der Waals surface area contributed by atoms with Crippen LogP contribution in [0.4, 0.5) is 0 Å². The lowest BCUT2D eigenvalue weighted by Gasteiger charge is -2.26. The molecular weight excluding hydrogens is 240 g/mol. The number of rotatable bonds is 3. The molecule has 2 rings (SSSR count). The summed E-state index contributed by atoms with van der Waals surface area (Å²) in [5, 5.41) is 9.74. The minimum Gasteiger partial charge on any atom is -0.508 e. The fraction of sp³-hybridized carbons (Fsp3) is 0.438. The van der Waals surface area contributed by atoms with E-state index in [9.17, 15) is 9.90 Å². The highest BCUT2D eigenvalue weighted by Gasteiger charge is 2.25. The first-order valence-corrected chi connectivity index (χ1v) is 6.70. The number of fused-ring (bicyclic) bond motifs is 1. The van der Waals surface area contributed by atoms with Gasteiger partial charge in [-0.3, -0.25) is 0 Å². The van der Waals surface area contributed by atoms with Gasteiger partial charge in [0.1, 0.15) is 5.75 Å². The molecule has 3 heteroatoms. The van der Waals surface area contributed by atoms with E-state index < -0.39 is 0 Å². The largest absolute Gasteiger partial charge is 0.508 e. The molecule has 3 nitrogen and oxygen atoms in total. The number of hydrogen-bond donors (Lipinski definition) is 1. The maximum Gasteiger partial charge on any atom is 0.338 e. The molecule has 0 radical (unpaired) electrons. The standard InChI is InChI=1S/C16H20O3/c1-4-19-16(18)15-9-13(17)7-12-6-5-11(10(2)3)8-14(12)15/h7,9,11,17H,2,4-6,8H2,1,3H3. The number of benzene rings is 1. The van der Waals surface area contributed by atoms with Crippen molar-refractivity contribution < 1.29 is 14.6 Å². The second-order valence-corrected chi connectivity index (χ2v) is 5.14. The Morgan fingerprint density at radius 2 is 2.26 bits per heavy atom. The number of carbonyl (C=O) groups excluding carboxylic acids is 1. The molecule has 0 aliphatic heterocycles. The lowest BCUT2D eigenvalue weighted by Crippen LogP contribution is -2.19. The van der Waals surface area contributed by atoms with Gasteiger partial charge in [-0.05, 0) is 62.3 Å². The number of aryl methyl sites for hydroxylation is 1. The summed E-state index contributed by atoms with van der Waals surface area (Å²) in [4.78, 5) is 12.0. The maximum atomic E-state index is 12.0. The molecule has 19 heavy (non-hydrogen) atoms. The van der Waals surface area contributed by atoms with E-state index in [2.05, 4.69) is 6.58 Å². The van der Waals surface area contributed by atoms with Gasteiger partial charge in [-0.2, -0.15) is 0 Å². The van der Waals surface area contributed by atoms with Crippen LogP contribution in [0, 0.1) is 5.92 Å². The molecule has 1 aromatic rings. The highest BCUT2D eigenvalue weighted by atomic mass is 16.5. The average Bonchev–Trinajstić information content (AvgIpc) is 2.37. The van der Waals surface area contributed by atoms with Gasteiger partial charge in [-0.25, -0.2) is 4.79 Å². The Hall–Kier alpha value is -1.77. The summed E-state index contributed by atoms with van der Waals surface area (Å²) in [6.45, 7) is 8.16. The van der Waals surface area contributed by atoms with Crippen LogP contribution in [-0.2, 0) is 17.6 Å². The Balaban J connectivity index is 2.42. The van der Waals surface area contributed by atoms with Crippen molar-refractivity contribution in [3.8, 4) is 5.75 Å². The molecule has 1 aliphatic rings. The summed E-state index contributed by atoms with van der Waals surface area (Å²) < 4.78 is 5.07. The van der Waals surface area contributed by atoms with Gasteiger partial charge in [0, 0.05) is 0 Å². The lowest BCUT2D eigenvalue weighted by molar-refractivity contribution is 0.0524. The minimum absolute atomic E-state index is 0.135. The number of phenols is 1. The van der Waals surface area contributed by atoms with Crippen molar-refractivity contribution in [3.05, 3.63) is 41.0 Å². The van der Waals surface area contributed by atoms with Crippen LogP contribution in [0.1, 0.15) is 41.8 Å². The number of allylic oxidation sites excluding steroid dienone is 1. The zero-order valence-electron chi connectivity index (χ0n) is 11.5. The number of ether oxygens (including phenoxy) is 1. The fourth-order valence-corrected chi connectivity index (χ4v) is 2.67. The van der Waals surface area contributed by atoms with Gasteiger partial charge in [-0.1, -0.05) is 12.2 Å². The molecule has 0 aromatic heterocycles. The van der Waals surface area contributed by atoms with Crippen molar-refractivity contribution in [2.45, 2.75) is 33.1 Å².